The second-order valence-corrected chi connectivity index (χ2v) is 7.44. The van der Waals surface area contributed by atoms with Crippen LogP contribution < -0.4 is 16.4 Å². The van der Waals surface area contributed by atoms with E-state index in [2.05, 4.69) is 26.9 Å². The van der Waals surface area contributed by atoms with Crippen molar-refractivity contribution in [1.29, 1.82) is 0 Å². The Morgan fingerprint density at radius 2 is 1.52 bits per heavy atom. The molecular formula is C10H19N3O13S3. The van der Waals surface area contributed by atoms with Crippen molar-refractivity contribution in [2.75, 3.05) is 12.3 Å². The summed E-state index contributed by atoms with van der Waals surface area (Å²) in [5.41, 5.74) is 5.23. The van der Waals surface area contributed by atoms with Crippen LogP contribution in [-0.2, 0) is 43.6 Å². The number of hydrogen-bond acceptors (Lipinski definition) is 11. The van der Waals surface area contributed by atoms with Crippen molar-refractivity contribution in [2.24, 2.45) is 5.73 Å². The van der Waals surface area contributed by atoms with Gasteiger partial charge in [-0.25, -0.2) is 0 Å². The lowest BCUT2D eigenvalue weighted by Crippen LogP contribution is -2.49. The molecule has 0 aliphatic rings. The molecule has 0 fully saturated rings. The van der Waals surface area contributed by atoms with E-state index in [1.54, 1.807) is 0 Å². The van der Waals surface area contributed by atoms with E-state index in [1.165, 1.54) is 0 Å². The van der Waals surface area contributed by atoms with Crippen LogP contribution >= 0.6 is 12.6 Å². The van der Waals surface area contributed by atoms with Crippen LogP contribution in [0.25, 0.3) is 0 Å². The van der Waals surface area contributed by atoms with Crippen LogP contribution in [0.15, 0.2) is 0 Å². The number of carbonyl (C=O) groups is 4. The summed E-state index contributed by atoms with van der Waals surface area (Å²) in [7, 11) is -10.2. The molecule has 0 aromatic heterocycles. The van der Waals surface area contributed by atoms with E-state index in [9.17, 15) is 36.0 Å². The molecule has 0 radical (unpaired) electrons. The first kappa shape index (κ1) is 29.2. The fourth-order valence-electron chi connectivity index (χ4n) is 1.27. The fourth-order valence-corrected chi connectivity index (χ4v) is 2.39. The van der Waals surface area contributed by atoms with Gasteiger partial charge < -0.3 is 26.6 Å². The average Bonchev–Trinajstić information content (AvgIpc) is 2.52. The van der Waals surface area contributed by atoms with E-state index in [0.717, 1.165) is 0 Å². The van der Waals surface area contributed by atoms with Gasteiger partial charge >= 0.3 is 32.7 Å². The lowest BCUT2D eigenvalue weighted by Gasteiger charge is -2.16. The van der Waals surface area contributed by atoms with Gasteiger partial charge in [0.05, 0.1) is 0 Å². The van der Waals surface area contributed by atoms with Crippen LogP contribution in [0.4, 0.5) is 0 Å². The first-order chi connectivity index (χ1) is 13.0. The molecule has 16 nitrogen and oxygen atoms in total. The zero-order chi connectivity index (χ0) is 23.4. The molecule has 0 aliphatic carbocycles. The topological polar surface area (TPSA) is 277 Å². The van der Waals surface area contributed by atoms with E-state index < -0.39 is 63.2 Å². The molecule has 2 atom stereocenters. The summed E-state index contributed by atoms with van der Waals surface area (Å²) < 4.78 is 55.6. The van der Waals surface area contributed by atoms with Gasteiger partial charge in [0.2, 0.25) is 11.8 Å². The molecular weight excluding hydrogens is 466 g/mol. The average molecular weight is 485 g/mol. The summed E-state index contributed by atoms with van der Waals surface area (Å²) in [6.07, 6.45) is -0.235. The van der Waals surface area contributed by atoms with Crippen molar-refractivity contribution in [3.05, 3.63) is 0 Å². The molecule has 0 bridgehead atoms. The maximum atomic E-state index is 11.5. The molecule has 0 heterocycles. The molecule has 0 aliphatic heterocycles. The number of carboxylic acid groups (broad SMARTS) is 2. The molecule has 0 aromatic carbocycles. The third kappa shape index (κ3) is 19.1. The van der Waals surface area contributed by atoms with Crippen molar-refractivity contribution in [3.8, 4) is 0 Å². The summed E-state index contributed by atoms with van der Waals surface area (Å²) in [5.74, 6) is -3.70. The number of hydrogen-bond donors (Lipinski definition) is 8. The minimum atomic E-state index is -5.12. The highest BCUT2D eigenvalue weighted by atomic mass is 32.3. The Labute approximate surface area is 170 Å². The summed E-state index contributed by atoms with van der Waals surface area (Å²) in [4.78, 5) is 43.7. The molecule has 0 saturated carbocycles. The van der Waals surface area contributed by atoms with Gasteiger partial charge in [0.1, 0.15) is 18.6 Å². The molecule has 0 spiro atoms. The smallest absolute Gasteiger partial charge is 0.413 e. The zero-order valence-corrected chi connectivity index (χ0v) is 16.8. The van der Waals surface area contributed by atoms with Crippen LogP contribution in [0, 0.1) is 0 Å². The van der Waals surface area contributed by atoms with Crippen molar-refractivity contribution in [1.82, 2.24) is 10.6 Å². The van der Waals surface area contributed by atoms with Gasteiger partial charge in [-0.2, -0.15) is 29.5 Å². The van der Waals surface area contributed by atoms with Gasteiger partial charge in [0.25, 0.3) is 0 Å². The van der Waals surface area contributed by atoms with E-state index in [4.69, 9.17) is 25.1 Å². The predicted octanol–water partition coefficient (Wildman–Crippen LogP) is -3.60. The first-order valence-corrected chi connectivity index (χ1v) is 10.4. The largest absolute Gasteiger partial charge is 0.480 e. The lowest BCUT2D eigenvalue weighted by molar-refractivity contribution is -0.139. The van der Waals surface area contributed by atoms with Crippen LogP contribution in [0.5, 0.6) is 0 Å². The van der Waals surface area contributed by atoms with Crippen LogP contribution in [0.1, 0.15) is 12.8 Å². The fraction of sp³-hybridized carbons (Fsp3) is 0.600. The molecule has 0 unspecified atom stereocenters. The number of carboxylic acids is 2. The van der Waals surface area contributed by atoms with E-state index in [-0.39, 0.29) is 18.6 Å². The van der Waals surface area contributed by atoms with E-state index >= 15 is 0 Å². The molecule has 2 amide bonds. The number of amides is 2. The minimum absolute atomic E-state index is 0.0256. The molecule has 29 heavy (non-hydrogen) atoms. The third-order valence-corrected chi connectivity index (χ3v) is 4.16. The number of carbonyl (C=O) groups excluding carboxylic acids is 2. The summed E-state index contributed by atoms with van der Waals surface area (Å²) >= 11 is 3.87. The van der Waals surface area contributed by atoms with Crippen molar-refractivity contribution >= 4 is 57.2 Å². The van der Waals surface area contributed by atoms with Gasteiger partial charge in [-0.05, 0) is 6.42 Å². The Kier molecular flexibility index (Phi) is 13.3. The molecule has 170 valence electrons. The molecule has 0 saturated heterocycles. The summed E-state index contributed by atoms with van der Waals surface area (Å²) in [6.45, 7) is -0.567. The normalized spacial score (nSPS) is 13.2. The summed E-state index contributed by atoms with van der Waals surface area (Å²) in [5, 5.41) is 21.4. The maximum Gasteiger partial charge on any atom is 0.413 e. The van der Waals surface area contributed by atoms with Crippen LogP contribution in [0.3, 0.4) is 0 Å². The Hall–Kier alpha value is -2.03. The number of nitrogens with two attached hydrogens (primary N) is 1. The van der Waals surface area contributed by atoms with Gasteiger partial charge in [-0.15, -0.1) is 3.63 Å². The van der Waals surface area contributed by atoms with E-state index in [0.29, 0.717) is 0 Å². The monoisotopic (exact) mass is 485 g/mol. The van der Waals surface area contributed by atoms with E-state index in [1.807, 2.05) is 0 Å². The molecule has 19 heteroatoms. The Bertz CT molecular complexity index is 765. The zero-order valence-electron chi connectivity index (χ0n) is 14.3. The van der Waals surface area contributed by atoms with Gasteiger partial charge in [0.15, 0.2) is 0 Å². The Morgan fingerprint density at radius 1 is 1.03 bits per heavy atom. The maximum absolute atomic E-state index is 11.5. The third-order valence-electron chi connectivity index (χ3n) is 2.42. The highest BCUT2D eigenvalue weighted by Crippen LogP contribution is 1.97. The standard InChI is InChI=1S/C10H17N3O6S.H2O7S2/c11-5(10(18)19)1-2-7(14)13-6(4-20)9(17)12-3-8(15)16;1-8(2,3)7-9(4,5)6/h5-6,20H,1-4,11H2,(H,12,17)(H,13,14)(H,15,16)(H,18,19);(H,1,2,3)(H,4,5,6)/t5-,6-;/m0./s1. The highest BCUT2D eigenvalue weighted by Gasteiger charge is 2.21. The van der Waals surface area contributed by atoms with Gasteiger partial charge in [-0.1, -0.05) is 0 Å². The van der Waals surface area contributed by atoms with Crippen LogP contribution in [0.2, 0.25) is 0 Å². The lowest BCUT2D eigenvalue weighted by atomic mass is 10.1. The van der Waals surface area contributed by atoms with Crippen LogP contribution in [-0.4, -0.2) is 84.3 Å². The van der Waals surface area contributed by atoms with Gasteiger partial charge in [0, 0.05) is 12.2 Å². The molecule has 0 aromatic rings. The Morgan fingerprint density at radius 3 is 1.83 bits per heavy atom. The van der Waals surface area contributed by atoms with Crippen molar-refractivity contribution in [2.45, 2.75) is 24.9 Å². The second-order valence-electron chi connectivity index (χ2n) is 4.82. The van der Waals surface area contributed by atoms with Gasteiger partial charge in [-0.3, -0.25) is 28.3 Å². The second kappa shape index (κ2) is 13.2. The number of aliphatic carboxylic acids is 2. The quantitative estimate of drug-likeness (QED) is 0.104. The SMILES string of the molecule is N[C@@H](CCC(=O)N[C@@H](CS)C(=O)NCC(=O)O)C(=O)O.O=S(=O)(O)OS(=O)(=O)O. The van der Waals surface area contributed by atoms with Crippen molar-refractivity contribution in [3.63, 3.8) is 0 Å². The first-order valence-electron chi connectivity index (χ1n) is 7.02. The molecule has 8 N–H and O–H groups in total. The highest BCUT2D eigenvalue weighted by molar-refractivity contribution is 7.94. The number of thiol groups is 1. The predicted molar refractivity (Wildman–Crippen MR) is 95.5 cm³/mol. The number of rotatable bonds is 11. The number of nitrogens with one attached hydrogen (secondary N) is 2. The molecule has 0 rings (SSSR count). The minimum Gasteiger partial charge on any atom is -0.480 e. The Balaban J connectivity index is 0. The van der Waals surface area contributed by atoms with Crippen molar-refractivity contribution < 1.29 is 59.0 Å². The summed E-state index contributed by atoms with van der Waals surface area (Å²) in [6, 6.07) is -2.15.